The quantitative estimate of drug-likeness (QED) is 0.181. The van der Waals surface area contributed by atoms with Crippen LogP contribution in [-0.2, 0) is 5.41 Å². The molecule has 9 aromatic rings. The number of anilines is 3. The summed E-state index contributed by atoms with van der Waals surface area (Å²) in [5.41, 5.74) is 13.2. The van der Waals surface area contributed by atoms with Gasteiger partial charge in [0.05, 0.1) is 11.1 Å². The molecule has 0 radical (unpaired) electrons. The number of nitrogens with zero attached hydrogens (tertiary/aromatic N) is 1. The number of hydrogen-bond donors (Lipinski definition) is 0. The molecule has 1 atom stereocenters. The van der Waals surface area contributed by atoms with Gasteiger partial charge in [0.15, 0.2) is 0 Å². The fourth-order valence-corrected chi connectivity index (χ4v) is 10.3. The van der Waals surface area contributed by atoms with E-state index in [1.54, 1.807) is 0 Å². The number of fused-ring (bicyclic) bond motifs is 9. The van der Waals surface area contributed by atoms with Crippen LogP contribution in [0.2, 0.25) is 0 Å². The summed E-state index contributed by atoms with van der Waals surface area (Å²) in [4.78, 5) is 5.06. The van der Waals surface area contributed by atoms with Gasteiger partial charge in [0.2, 0.25) is 0 Å². The molecule has 53 heavy (non-hydrogen) atoms. The lowest BCUT2D eigenvalue weighted by atomic mass is 9.59. The lowest BCUT2D eigenvalue weighted by molar-refractivity contribution is 0.707. The predicted molar refractivity (Wildman–Crippen MR) is 223 cm³/mol. The fourth-order valence-electron chi connectivity index (χ4n) is 9.08. The van der Waals surface area contributed by atoms with E-state index in [1.165, 1.54) is 75.8 Å². The van der Waals surface area contributed by atoms with Crippen LogP contribution in [0.5, 0.6) is 0 Å². The van der Waals surface area contributed by atoms with Crippen LogP contribution >= 0.6 is 11.8 Å². The van der Waals surface area contributed by atoms with Crippen LogP contribution in [0.4, 0.5) is 17.1 Å². The highest BCUT2D eigenvalue weighted by Gasteiger charge is 2.48. The summed E-state index contributed by atoms with van der Waals surface area (Å²) in [6.45, 7) is 0. The summed E-state index contributed by atoms with van der Waals surface area (Å²) < 4.78 is 0. The Balaban J connectivity index is 1.25. The second-order valence-electron chi connectivity index (χ2n) is 14.0. The van der Waals surface area contributed by atoms with Gasteiger partial charge in [0.25, 0.3) is 0 Å². The summed E-state index contributed by atoms with van der Waals surface area (Å²) >= 11 is 1.89. The third kappa shape index (κ3) is 4.46. The average molecular weight is 692 g/mol. The van der Waals surface area contributed by atoms with Crippen LogP contribution < -0.4 is 4.90 Å². The molecule has 9 aromatic carbocycles. The minimum atomic E-state index is -0.522. The Morgan fingerprint density at radius 3 is 1.79 bits per heavy atom. The smallest absolute Gasteiger partial charge is 0.0736 e. The Bertz CT molecular complexity index is 2870. The van der Waals surface area contributed by atoms with E-state index < -0.39 is 5.41 Å². The molecule has 1 nitrogen and oxygen atoms in total. The Morgan fingerprint density at radius 2 is 0.962 bits per heavy atom. The monoisotopic (exact) mass is 691 g/mol. The van der Waals surface area contributed by atoms with Crippen molar-refractivity contribution in [3.63, 3.8) is 0 Å². The van der Waals surface area contributed by atoms with Crippen molar-refractivity contribution in [3.8, 4) is 22.3 Å². The Hall–Kier alpha value is -6.35. The highest BCUT2D eigenvalue weighted by atomic mass is 32.2. The molecular formula is C51H33NS. The maximum absolute atomic E-state index is 2.50. The first kappa shape index (κ1) is 30.3. The summed E-state index contributed by atoms with van der Waals surface area (Å²) in [5, 5.41) is 5.06. The molecule has 0 saturated heterocycles. The second kappa shape index (κ2) is 11.8. The van der Waals surface area contributed by atoms with Gasteiger partial charge in [-0.25, -0.2) is 0 Å². The molecule has 0 bridgehead atoms. The first-order chi connectivity index (χ1) is 26.3. The van der Waals surface area contributed by atoms with Gasteiger partial charge in [0, 0.05) is 26.7 Å². The van der Waals surface area contributed by atoms with Gasteiger partial charge in [-0.05, 0) is 109 Å². The lowest BCUT2D eigenvalue weighted by Gasteiger charge is -2.46. The van der Waals surface area contributed by atoms with E-state index in [9.17, 15) is 0 Å². The molecule has 0 N–H and O–H groups in total. The molecule has 1 unspecified atom stereocenters. The zero-order valence-electron chi connectivity index (χ0n) is 28.9. The third-order valence-electron chi connectivity index (χ3n) is 11.3. The van der Waals surface area contributed by atoms with E-state index in [-0.39, 0.29) is 0 Å². The molecule has 1 aliphatic carbocycles. The lowest BCUT2D eigenvalue weighted by Crippen LogP contribution is -2.36. The molecule has 0 saturated carbocycles. The molecule has 0 amide bonds. The van der Waals surface area contributed by atoms with Gasteiger partial charge in [0.1, 0.15) is 0 Å². The number of rotatable bonds is 4. The van der Waals surface area contributed by atoms with Crippen LogP contribution in [0, 0.1) is 0 Å². The molecular weight excluding hydrogens is 659 g/mol. The van der Waals surface area contributed by atoms with Gasteiger partial charge in [-0.1, -0.05) is 163 Å². The highest BCUT2D eigenvalue weighted by molar-refractivity contribution is 7.99. The van der Waals surface area contributed by atoms with Crippen molar-refractivity contribution in [1.82, 2.24) is 0 Å². The minimum absolute atomic E-state index is 0.522. The molecule has 0 aromatic heterocycles. The molecule has 1 heterocycles. The van der Waals surface area contributed by atoms with Crippen LogP contribution in [0.3, 0.4) is 0 Å². The van der Waals surface area contributed by atoms with Crippen molar-refractivity contribution in [2.24, 2.45) is 0 Å². The molecule has 2 heteroatoms. The van der Waals surface area contributed by atoms with Crippen molar-refractivity contribution in [1.29, 1.82) is 0 Å². The summed E-state index contributed by atoms with van der Waals surface area (Å²) in [6.07, 6.45) is 0. The van der Waals surface area contributed by atoms with Crippen LogP contribution in [0.15, 0.2) is 210 Å². The standard InChI is InChI=1S/C51H33NS/c1-3-15-34(16-4-1)42-31-36-17-7-8-18-37(36)32-47(42)52(38-21-5-2-6-22-38)39-29-30-49-46(33-39)51(44-26-11-12-28-48(44)53-49)43-25-10-9-23-40(43)41-24-13-19-35-20-14-27-45(51)50(35)41/h1-33H. The van der Waals surface area contributed by atoms with Crippen molar-refractivity contribution < 1.29 is 0 Å². The van der Waals surface area contributed by atoms with Crippen LogP contribution in [-0.4, -0.2) is 0 Å². The maximum Gasteiger partial charge on any atom is 0.0736 e. The topological polar surface area (TPSA) is 3.24 Å². The molecule has 248 valence electrons. The van der Waals surface area contributed by atoms with Gasteiger partial charge < -0.3 is 4.90 Å². The summed E-state index contributed by atoms with van der Waals surface area (Å²) in [6, 6.07) is 74.2. The zero-order chi connectivity index (χ0) is 34.9. The van der Waals surface area contributed by atoms with E-state index in [2.05, 4.69) is 205 Å². The number of para-hydroxylation sites is 1. The highest BCUT2D eigenvalue weighted by Crippen LogP contribution is 2.62. The van der Waals surface area contributed by atoms with Gasteiger partial charge in [-0.3, -0.25) is 0 Å². The van der Waals surface area contributed by atoms with Crippen LogP contribution in [0.25, 0.3) is 43.8 Å². The van der Waals surface area contributed by atoms with Crippen molar-refractivity contribution in [2.75, 3.05) is 4.90 Å². The normalized spacial score (nSPS) is 15.2. The minimum Gasteiger partial charge on any atom is -0.310 e. The Morgan fingerprint density at radius 1 is 0.358 bits per heavy atom. The van der Waals surface area contributed by atoms with Gasteiger partial charge in [-0.2, -0.15) is 0 Å². The van der Waals surface area contributed by atoms with Gasteiger partial charge >= 0.3 is 0 Å². The molecule has 1 spiro atoms. The van der Waals surface area contributed by atoms with E-state index >= 15 is 0 Å². The van der Waals surface area contributed by atoms with E-state index in [0.29, 0.717) is 0 Å². The van der Waals surface area contributed by atoms with Crippen molar-refractivity contribution >= 4 is 50.4 Å². The second-order valence-corrected chi connectivity index (χ2v) is 15.1. The fraction of sp³-hybridized carbons (Fsp3) is 0.0196. The molecule has 1 aliphatic heterocycles. The average Bonchev–Trinajstić information content (AvgIpc) is 3.23. The molecule has 11 rings (SSSR count). The SMILES string of the molecule is c1ccc(-c2cc3ccccc3cc2N(c2ccccc2)c2ccc3c(c2)C2(c4ccccc4S3)c3ccccc3-c3cccc4cccc2c34)cc1. The van der Waals surface area contributed by atoms with E-state index in [0.717, 1.165) is 17.1 Å². The first-order valence-corrected chi connectivity index (χ1v) is 19.1. The molecule has 0 fully saturated rings. The maximum atomic E-state index is 2.50. The number of benzene rings is 9. The van der Waals surface area contributed by atoms with Crippen molar-refractivity contribution in [2.45, 2.75) is 15.2 Å². The van der Waals surface area contributed by atoms with Crippen LogP contribution in [0.1, 0.15) is 22.3 Å². The van der Waals surface area contributed by atoms with E-state index in [4.69, 9.17) is 0 Å². The zero-order valence-corrected chi connectivity index (χ0v) is 29.7. The Kier molecular flexibility index (Phi) is 6.77. The van der Waals surface area contributed by atoms with Gasteiger partial charge in [-0.15, -0.1) is 0 Å². The number of hydrogen-bond acceptors (Lipinski definition) is 2. The summed E-state index contributed by atoms with van der Waals surface area (Å²) in [5.74, 6) is 0. The first-order valence-electron chi connectivity index (χ1n) is 18.3. The largest absolute Gasteiger partial charge is 0.310 e. The predicted octanol–water partition coefficient (Wildman–Crippen LogP) is 14.0. The third-order valence-corrected chi connectivity index (χ3v) is 12.4. The Labute approximate surface area is 313 Å². The van der Waals surface area contributed by atoms with E-state index in [1.807, 2.05) is 11.8 Å². The summed E-state index contributed by atoms with van der Waals surface area (Å²) in [7, 11) is 0. The van der Waals surface area contributed by atoms with Crippen molar-refractivity contribution in [3.05, 3.63) is 222 Å². The molecule has 2 aliphatic rings.